The molecule has 0 radical (unpaired) electrons. The Bertz CT molecular complexity index is 1600. The highest BCUT2D eigenvalue weighted by Crippen LogP contribution is 2.42. The van der Waals surface area contributed by atoms with Crippen LogP contribution in [0.1, 0.15) is 59.2 Å². The van der Waals surface area contributed by atoms with E-state index in [-0.39, 0.29) is 29.7 Å². The SMILES string of the molecule is CCOC(=O)c1c(NC(=O)CSC2=C(C#N)[C@H](c3ccco3)C(C(=O)Nc3ccccc3)=C(C)N2)sc2c1CCCC2. The molecule has 1 aliphatic carbocycles. The van der Waals surface area contributed by atoms with Crippen LogP contribution in [-0.4, -0.2) is 30.1 Å². The number of hydrogen-bond donors (Lipinski definition) is 3. The van der Waals surface area contributed by atoms with Crippen LogP contribution in [0, 0.1) is 11.3 Å². The molecule has 0 unspecified atom stereocenters. The molecule has 5 rings (SSSR count). The predicted molar refractivity (Wildman–Crippen MR) is 163 cm³/mol. The number of aryl methyl sites for hydroxylation is 1. The molecule has 3 heterocycles. The van der Waals surface area contributed by atoms with Crippen LogP contribution < -0.4 is 16.0 Å². The summed E-state index contributed by atoms with van der Waals surface area (Å²) in [5, 5.41) is 20.2. The number of thioether (sulfide) groups is 1. The van der Waals surface area contributed by atoms with Gasteiger partial charge in [-0.15, -0.1) is 11.3 Å². The number of esters is 1. The van der Waals surface area contributed by atoms with Gasteiger partial charge in [-0.05, 0) is 69.4 Å². The third kappa shape index (κ3) is 6.15. The average Bonchev–Trinajstić information content (AvgIpc) is 3.64. The quantitative estimate of drug-likeness (QED) is 0.250. The molecule has 9 nitrogen and oxygen atoms in total. The largest absolute Gasteiger partial charge is 0.468 e. The Balaban J connectivity index is 1.37. The van der Waals surface area contributed by atoms with Gasteiger partial charge in [-0.25, -0.2) is 4.79 Å². The maximum atomic E-state index is 13.4. The molecule has 42 heavy (non-hydrogen) atoms. The monoisotopic (exact) mass is 602 g/mol. The van der Waals surface area contributed by atoms with Gasteiger partial charge in [0.05, 0.1) is 52.3 Å². The second-order valence-corrected chi connectivity index (χ2v) is 11.8. The third-order valence-electron chi connectivity index (χ3n) is 7.00. The summed E-state index contributed by atoms with van der Waals surface area (Å²) in [5.74, 6) is -1.46. The minimum Gasteiger partial charge on any atom is -0.468 e. The first-order chi connectivity index (χ1) is 20.4. The van der Waals surface area contributed by atoms with E-state index in [1.165, 1.54) is 17.6 Å². The number of nitrogens with zero attached hydrogens (tertiary/aromatic N) is 1. The molecular formula is C31H30N4O5S2. The van der Waals surface area contributed by atoms with Gasteiger partial charge in [-0.3, -0.25) is 9.59 Å². The fraction of sp³-hybridized carbons (Fsp3) is 0.290. The van der Waals surface area contributed by atoms with E-state index in [1.54, 1.807) is 38.1 Å². The van der Waals surface area contributed by atoms with Crippen molar-refractivity contribution in [3.8, 4) is 6.07 Å². The first-order valence-electron chi connectivity index (χ1n) is 13.7. The highest BCUT2D eigenvalue weighted by atomic mass is 32.2. The maximum Gasteiger partial charge on any atom is 0.341 e. The van der Waals surface area contributed by atoms with Gasteiger partial charge in [0.25, 0.3) is 5.91 Å². The van der Waals surface area contributed by atoms with E-state index in [4.69, 9.17) is 9.15 Å². The Kier molecular flexibility index (Phi) is 9.15. The first-order valence-corrected chi connectivity index (χ1v) is 15.5. The molecule has 2 aromatic heterocycles. The lowest BCUT2D eigenvalue weighted by Crippen LogP contribution is -2.31. The van der Waals surface area contributed by atoms with Crippen LogP contribution in [0.2, 0.25) is 0 Å². The van der Waals surface area contributed by atoms with Crippen molar-refractivity contribution in [3.63, 3.8) is 0 Å². The van der Waals surface area contributed by atoms with Crippen molar-refractivity contribution in [2.45, 2.75) is 45.4 Å². The van der Waals surface area contributed by atoms with E-state index < -0.39 is 11.9 Å². The zero-order valence-electron chi connectivity index (χ0n) is 23.2. The van der Waals surface area contributed by atoms with E-state index in [9.17, 15) is 19.6 Å². The third-order valence-corrected chi connectivity index (χ3v) is 9.23. The molecule has 3 aromatic rings. The second kappa shape index (κ2) is 13.1. The summed E-state index contributed by atoms with van der Waals surface area (Å²) in [6, 6.07) is 14.7. The Morgan fingerprint density at radius 1 is 1.14 bits per heavy atom. The number of rotatable bonds is 9. The van der Waals surface area contributed by atoms with E-state index in [1.807, 2.05) is 18.2 Å². The number of nitrogens with one attached hydrogen (secondary N) is 3. The number of amides is 2. The molecule has 0 saturated heterocycles. The van der Waals surface area contributed by atoms with Crippen LogP contribution in [0.15, 0.2) is 75.0 Å². The Labute approximate surface area is 252 Å². The Morgan fingerprint density at radius 2 is 1.93 bits per heavy atom. The minimum atomic E-state index is -0.764. The summed E-state index contributed by atoms with van der Waals surface area (Å²) < 4.78 is 11.0. The molecule has 1 aromatic carbocycles. The summed E-state index contributed by atoms with van der Waals surface area (Å²) in [4.78, 5) is 40.5. The number of carbonyl (C=O) groups excluding carboxylic acids is 3. The van der Waals surface area contributed by atoms with Gasteiger partial charge in [-0.2, -0.15) is 5.26 Å². The summed E-state index contributed by atoms with van der Waals surface area (Å²) >= 11 is 2.58. The van der Waals surface area contributed by atoms with Gasteiger partial charge in [0.2, 0.25) is 5.91 Å². The van der Waals surface area contributed by atoms with Crippen molar-refractivity contribution >= 4 is 51.6 Å². The van der Waals surface area contributed by atoms with Crippen LogP contribution >= 0.6 is 23.1 Å². The molecule has 11 heteroatoms. The molecule has 2 amide bonds. The van der Waals surface area contributed by atoms with Crippen molar-refractivity contribution < 1.29 is 23.5 Å². The molecule has 0 spiro atoms. The van der Waals surface area contributed by atoms with E-state index in [0.29, 0.717) is 38.3 Å². The Hall–Kier alpha value is -4.27. The van der Waals surface area contributed by atoms with Gasteiger partial charge in [-0.1, -0.05) is 30.0 Å². The molecule has 0 saturated carbocycles. The number of fused-ring (bicyclic) bond motifs is 1. The lowest BCUT2D eigenvalue weighted by Gasteiger charge is -2.28. The van der Waals surface area contributed by atoms with Gasteiger partial charge in [0.1, 0.15) is 10.8 Å². The van der Waals surface area contributed by atoms with Crippen molar-refractivity contribution in [2.75, 3.05) is 23.0 Å². The lowest BCUT2D eigenvalue weighted by molar-refractivity contribution is -0.114. The molecule has 0 bridgehead atoms. The van der Waals surface area contributed by atoms with Crippen molar-refractivity contribution in [1.82, 2.24) is 5.32 Å². The highest BCUT2D eigenvalue weighted by molar-refractivity contribution is 8.03. The number of dihydropyridines is 1. The standard InChI is InChI=1S/C31H30N4O5S2/c1-3-39-31(38)27-20-12-7-8-14-23(20)42-30(27)35-24(36)17-41-29-21(16-32)26(22-13-9-15-40-22)25(18(2)33-29)28(37)34-19-10-5-4-6-11-19/h4-6,9-11,13,15,26,33H,3,7-8,12,14,17H2,1-2H3,(H,34,37)(H,35,36)/t26-/m1/s1. The maximum absolute atomic E-state index is 13.4. The van der Waals surface area contributed by atoms with Crippen LogP contribution in [0.25, 0.3) is 0 Å². The number of ether oxygens (including phenoxy) is 1. The summed E-state index contributed by atoms with van der Waals surface area (Å²) in [6.07, 6.45) is 5.19. The first kappa shape index (κ1) is 29.2. The van der Waals surface area contributed by atoms with E-state index in [2.05, 4.69) is 22.0 Å². The normalized spacial score (nSPS) is 16.3. The van der Waals surface area contributed by atoms with Crippen LogP contribution in [-0.2, 0) is 27.2 Å². The molecule has 2 aliphatic rings. The van der Waals surface area contributed by atoms with Crippen LogP contribution in [0.3, 0.4) is 0 Å². The number of allylic oxidation sites excluding steroid dienone is 2. The molecule has 1 atom stereocenters. The van der Waals surface area contributed by atoms with Crippen molar-refractivity contribution in [1.29, 1.82) is 5.26 Å². The molecule has 3 N–H and O–H groups in total. The zero-order chi connectivity index (χ0) is 29.6. The number of carbonyl (C=O) groups is 3. The predicted octanol–water partition coefficient (Wildman–Crippen LogP) is 6.10. The highest BCUT2D eigenvalue weighted by Gasteiger charge is 2.37. The lowest BCUT2D eigenvalue weighted by atomic mass is 9.85. The number of furan rings is 1. The van der Waals surface area contributed by atoms with E-state index in [0.717, 1.165) is 47.9 Å². The fourth-order valence-corrected chi connectivity index (χ4v) is 7.35. The summed E-state index contributed by atoms with van der Waals surface area (Å²) in [6.45, 7) is 3.76. The van der Waals surface area contributed by atoms with Gasteiger partial charge >= 0.3 is 5.97 Å². The molecule has 0 fully saturated rings. The molecule has 1 aliphatic heterocycles. The summed E-state index contributed by atoms with van der Waals surface area (Å²) in [5.41, 5.74) is 3.21. The van der Waals surface area contributed by atoms with Gasteiger partial charge in [0.15, 0.2) is 0 Å². The van der Waals surface area contributed by atoms with Crippen LogP contribution in [0.4, 0.5) is 10.7 Å². The van der Waals surface area contributed by atoms with Crippen LogP contribution in [0.5, 0.6) is 0 Å². The molecule has 216 valence electrons. The van der Waals surface area contributed by atoms with Gasteiger partial charge in [0, 0.05) is 16.3 Å². The number of anilines is 2. The van der Waals surface area contributed by atoms with E-state index >= 15 is 0 Å². The Morgan fingerprint density at radius 3 is 2.64 bits per heavy atom. The average molecular weight is 603 g/mol. The number of hydrogen-bond acceptors (Lipinski definition) is 9. The fourth-order valence-electron chi connectivity index (χ4n) is 5.16. The van der Waals surface area contributed by atoms with Gasteiger partial charge < -0.3 is 25.1 Å². The number of thiophene rings is 1. The topological polar surface area (TPSA) is 133 Å². The number of nitriles is 1. The zero-order valence-corrected chi connectivity index (χ0v) is 24.9. The minimum absolute atomic E-state index is 0.0257. The smallest absolute Gasteiger partial charge is 0.341 e. The van der Waals surface area contributed by atoms with Crippen molar-refractivity contribution in [2.24, 2.45) is 0 Å². The molecular weight excluding hydrogens is 572 g/mol. The number of para-hydroxylation sites is 1. The number of benzene rings is 1. The van der Waals surface area contributed by atoms with Crippen molar-refractivity contribution in [3.05, 3.63) is 92.4 Å². The summed E-state index contributed by atoms with van der Waals surface area (Å²) in [7, 11) is 0. The second-order valence-electron chi connectivity index (χ2n) is 9.76.